The van der Waals surface area contributed by atoms with Gasteiger partial charge in [-0.1, -0.05) is 41.4 Å². The molecule has 0 aliphatic carbocycles. The molecular formula is C17H14Cl2N4O2. The predicted octanol–water partition coefficient (Wildman–Crippen LogP) is 4.41. The van der Waals surface area contributed by atoms with E-state index in [0.29, 0.717) is 46.0 Å². The van der Waals surface area contributed by atoms with Crippen molar-refractivity contribution in [2.75, 3.05) is 11.9 Å². The third-order valence-electron chi connectivity index (χ3n) is 3.28. The number of hydrogen-bond donors (Lipinski definition) is 2. The monoisotopic (exact) mass is 376 g/mol. The topological polar surface area (TPSA) is 80.1 Å². The van der Waals surface area contributed by atoms with Gasteiger partial charge in [-0.3, -0.25) is 0 Å². The van der Waals surface area contributed by atoms with Crippen molar-refractivity contribution in [1.82, 2.24) is 15.5 Å². The summed E-state index contributed by atoms with van der Waals surface area (Å²) in [5.41, 5.74) is 1.29. The van der Waals surface area contributed by atoms with Gasteiger partial charge in [0.1, 0.15) is 0 Å². The summed E-state index contributed by atoms with van der Waals surface area (Å²) in [4.78, 5) is 11.8. The molecule has 2 N–H and O–H groups in total. The number of benzene rings is 2. The van der Waals surface area contributed by atoms with Crippen LogP contribution in [0.2, 0.25) is 10.0 Å². The van der Waals surface area contributed by atoms with Crippen LogP contribution < -0.4 is 10.6 Å². The smallest absolute Gasteiger partial charge is 0.319 e. The molecule has 0 atom stereocenters. The average molecular weight is 377 g/mol. The minimum absolute atomic E-state index is 0.340. The lowest BCUT2D eigenvalue weighted by molar-refractivity contribution is 0.252. The third-order valence-corrected chi connectivity index (χ3v) is 3.84. The molecule has 0 saturated carbocycles. The number of carbonyl (C=O) groups is 1. The maximum Gasteiger partial charge on any atom is 0.319 e. The van der Waals surface area contributed by atoms with Crippen LogP contribution in [-0.2, 0) is 6.42 Å². The molecule has 25 heavy (non-hydrogen) atoms. The number of aromatic nitrogens is 2. The Hall–Kier alpha value is -2.57. The van der Waals surface area contributed by atoms with E-state index in [-0.39, 0.29) is 6.03 Å². The Balaban J connectivity index is 1.51. The van der Waals surface area contributed by atoms with Gasteiger partial charge in [-0.15, -0.1) is 10.2 Å². The van der Waals surface area contributed by atoms with Crippen LogP contribution in [0.3, 0.4) is 0 Å². The van der Waals surface area contributed by atoms with E-state index in [0.717, 1.165) is 0 Å². The molecule has 128 valence electrons. The number of nitrogens with one attached hydrogen (secondary N) is 2. The normalized spacial score (nSPS) is 10.5. The number of rotatable bonds is 5. The fourth-order valence-electron chi connectivity index (χ4n) is 2.12. The number of urea groups is 1. The van der Waals surface area contributed by atoms with E-state index in [1.807, 2.05) is 12.1 Å². The number of nitrogens with zero attached hydrogens (tertiary/aromatic N) is 2. The van der Waals surface area contributed by atoms with Crippen molar-refractivity contribution in [2.24, 2.45) is 0 Å². The predicted molar refractivity (Wildman–Crippen MR) is 96.9 cm³/mol. The maximum absolute atomic E-state index is 11.8. The lowest BCUT2D eigenvalue weighted by Gasteiger charge is -2.06. The van der Waals surface area contributed by atoms with Gasteiger partial charge in [-0.05, 0) is 30.3 Å². The zero-order valence-electron chi connectivity index (χ0n) is 13.0. The van der Waals surface area contributed by atoms with Gasteiger partial charge in [0.15, 0.2) is 0 Å². The highest BCUT2D eigenvalue weighted by atomic mass is 35.5. The Labute approximate surface area is 154 Å². The molecule has 3 rings (SSSR count). The molecule has 0 spiro atoms. The van der Waals surface area contributed by atoms with Crippen molar-refractivity contribution in [3.05, 3.63) is 64.5 Å². The summed E-state index contributed by atoms with van der Waals surface area (Å²) >= 11 is 12.0. The SMILES string of the molecule is O=C(NCCc1nnc(-c2ccccc2Cl)o1)Nc1cccc(Cl)c1. The molecule has 0 aliphatic rings. The van der Waals surface area contributed by atoms with E-state index in [9.17, 15) is 4.79 Å². The van der Waals surface area contributed by atoms with Crippen LogP contribution >= 0.6 is 23.2 Å². The zero-order chi connectivity index (χ0) is 17.6. The Morgan fingerprint density at radius 1 is 1.08 bits per heavy atom. The van der Waals surface area contributed by atoms with E-state index in [1.165, 1.54) is 0 Å². The molecule has 6 nitrogen and oxygen atoms in total. The molecule has 1 heterocycles. The van der Waals surface area contributed by atoms with Gasteiger partial charge < -0.3 is 15.1 Å². The second-order valence-electron chi connectivity index (χ2n) is 5.12. The fraction of sp³-hybridized carbons (Fsp3) is 0.118. The van der Waals surface area contributed by atoms with E-state index in [2.05, 4.69) is 20.8 Å². The molecular weight excluding hydrogens is 363 g/mol. The fourth-order valence-corrected chi connectivity index (χ4v) is 2.53. The number of amides is 2. The lowest BCUT2D eigenvalue weighted by Crippen LogP contribution is -2.30. The van der Waals surface area contributed by atoms with Crippen molar-refractivity contribution >= 4 is 34.9 Å². The van der Waals surface area contributed by atoms with Crippen LogP contribution in [0.4, 0.5) is 10.5 Å². The molecule has 8 heteroatoms. The molecule has 0 bridgehead atoms. The second-order valence-corrected chi connectivity index (χ2v) is 5.97. The van der Waals surface area contributed by atoms with Crippen LogP contribution in [-0.4, -0.2) is 22.8 Å². The van der Waals surface area contributed by atoms with Crippen molar-refractivity contribution in [1.29, 1.82) is 0 Å². The first-order valence-corrected chi connectivity index (χ1v) is 8.25. The zero-order valence-corrected chi connectivity index (χ0v) is 14.5. The largest absolute Gasteiger partial charge is 0.421 e. The molecule has 0 aliphatic heterocycles. The minimum atomic E-state index is -0.340. The highest BCUT2D eigenvalue weighted by molar-refractivity contribution is 6.33. The minimum Gasteiger partial charge on any atom is -0.421 e. The summed E-state index contributed by atoms with van der Waals surface area (Å²) in [7, 11) is 0. The van der Waals surface area contributed by atoms with Crippen molar-refractivity contribution in [2.45, 2.75) is 6.42 Å². The number of halogens is 2. The molecule has 1 aromatic heterocycles. The Bertz CT molecular complexity index is 882. The molecule has 3 aromatic rings. The van der Waals surface area contributed by atoms with Gasteiger partial charge in [0.05, 0.1) is 10.6 Å². The van der Waals surface area contributed by atoms with Crippen LogP contribution in [0.25, 0.3) is 11.5 Å². The van der Waals surface area contributed by atoms with E-state index >= 15 is 0 Å². The van der Waals surface area contributed by atoms with Crippen molar-refractivity contribution in [3.63, 3.8) is 0 Å². The summed E-state index contributed by atoms with van der Waals surface area (Å²) in [6.07, 6.45) is 0.403. The van der Waals surface area contributed by atoms with Crippen LogP contribution in [0.5, 0.6) is 0 Å². The summed E-state index contributed by atoms with van der Waals surface area (Å²) in [5.74, 6) is 0.766. The highest BCUT2D eigenvalue weighted by Crippen LogP contribution is 2.26. The second kappa shape index (κ2) is 8.00. The van der Waals surface area contributed by atoms with Crippen LogP contribution in [0.1, 0.15) is 5.89 Å². The Kier molecular flexibility index (Phi) is 5.53. The molecule has 2 amide bonds. The van der Waals surface area contributed by atoms with Gasteiger partial charge >= 0.3 is 6.03 Å². The Morgan fingerprint density at radius 3 is 2.72 bits per heavy atom. The van der Waals surface area contributed by atoms with E-state index < -0.39 is 0 Å². The first kappa shape index (κ1) is 17.3. The van der Waals surface area contributed by atoms with Crippen LogP contribution in [0.15, 0.2) is 52.9 Å². The van der Waals surface area contributed by atoms with Gasteiger partial charge in [-0.2, -0.15) is 0 Å². The molecule has 0 unspecified atom stereocenters. The quantitative estimate of drug-likeness (QED) is 0.690. The molecule has 0 saturated heterocycles. The summed E-state index contributed by atoms with van der Waals surface area (Å²) in [5, 5.41) is 14.4. The van der Waals surface area contributed by atoms with Gasteiger partial charge in [0.25, 0.3) is 0 Å². The van der Waals surface area contributed by atoms with E-state index in [4.69, 9.17) is 27.6 Å². The van der Waals surface area contributed by atoms with Gasteiger partial charge in [0.2, 0.25) is 11.8 Å². The first-order valence-electron chi connectivity index (χ1n) is 7.49. The van der Waals surface area contributed by atoms with Crippen molar-refractivity contribution < 1.29 is 9.21 Å². The van der Waals surface area contributed by atoms with Gasteiger partial charge in [0, 0.05) is 23.7 Å². The number of hydrogen-bond acceptors (Lipinski definition) is 4. The maximum atomic E-state index is 11.8. The van der Waals surface area contributed by atoms with Crippen molar-refractivity contribution in [3.8, 4) is 11.5 Å². The first-order chi connectivity index (χ1) is 12.1. The third kappa shape index (κ3) is 4.71. The lowest BCUT2D eigenvalue weighted by atomic mass is 10.2. The molecule has 2 aromatic carbocycles. The van der Waals surface area contributed by atoms with E-state index in [1.54, 1.807) is 36.4 Å². The number of carbonyl (C=O) groups excluding carboxylic acids is 1. The summed E-state index contributed by atoms with van der Waals surface area (Å²) in [6.45, 7) is 0.344. The summed E-state index contributed by atoms with van der Waals surface area (Å²) < 4.78 is 5.57. The highest BCUT2D eigenvalue weighted by Gasteiger charge is 2.11. The standard InChI is InChI=1S/C17H14Cl2N4O2/c18-11-4-3-5-12(10-11)21-17(24)20-9-8-15-22-23-16(25-15)13-6-1-2-7-14(13)19/h1-7,10H,8-9H2,(H2,20,21,24). The molecule has 0 fully saturated rings. The number of anilines is 1. The Morgan fingerprint density at radius 2 is 1.92 bits per heavy atom. The van der Waals surface area contributed by atoms with Gasteiger partial charge in [-0.25, -0.2) is 4.79 Å². The average Bonchev–Trinajstić information content (AvgIpc) is 3.04. The van der Waals surface area contributed by atoms with Crippen LogP contribution in [0, 0.1) is 0 Å². The summed E-state index contributed by atoms with van der Waals surface area (Å²) in [6, 6.07) is 13.8. The molecule has 0 radical (unpaired) electrons.